The highest BCUT2D eigenvalue weighted by atomic mass is 19.3. The summed E-state index contributed by atoms with van der Waals surface area (Å²) in [5, 5.41) is 0. The summed E-state index contributed by atoms with van der Waals surface area (Å²) in [4.78, 5) is 11.4. The number of alkyl halides is 3. The van der Waals surface area contributed by atoms with Gasteiger partial charge in [0.25, 0.3) is 6.43 Å². The molecule has 0 saturated carbocycles. The van der Waals surface area contributed by atoms with E-state index >= 15 is 0 Å². The van der Waals surface area contributed by atoms with Crippen LogP contribution < -0.4 is 0 Å². The molecule has 0 aromatic rings. The minimum Gasteiger partial charge on any atom is -0.302 e. The molecule has 0 aromatic carbocycles. The van der Waals surface area contributed by atoms with Crippen molar-refractivity contribution in [3.63, 3.8) is 0 Å². The molecule has 0 aliphatic carbocycles. The number of likely N-dealkylation sites (tertiary alicyclic amines) is 1. The van der Waals surface area contributed by atoms with Crippen LogP contribution in [0.3, 0.4) is 0 Å². The van der Waals surface area contributed by atoms with Gasteiger partial charge in [-0.15, -0.1) is 0 Å². The molecule has 0 spiro atoms. The maximum absolute atomic E-state index is 12.9. The largest absolute Gasteiger partial charge is 0.302 e. The Morgan fingerprint density at radius 3 is 2.54 bits per heavy atom. The molecule has 0 radical (unpaired) electrons. The molecule has 1 rings (SSSR count). The van der Waals surface area contributed by atoms with Crippen molar-refractivity contribution in [2.45, 2.75) is 38.0 Å². The smallest absolute Gasteiger partial charge is 0.282 e. The predicted octanol–water partition coefficient (Wildman–Crippen LogP) is 1.60. The zero-order valence-electron chi connectivity index (χ0n) is 7.13. The van der Waals surface area contributed by atoms with E-state index in [1.54, 1.807) is 0 Å². The van der Waals surface area contributed by atoms with Crippen LogP contribution in [-0.4, -0.2) is 36.5 Å². The molecule has 76 valence electrons. The molecule has 0 aromatic heterocycles. The van der Waals surface area contributed by atoms with Crippen LogP contribution in [0, 0.1) is 0 Å². The zero-order chi connectivity index (χ0) is 9.84. The number of piperidine rings is 1. The van der Waals surface area contributed by atoms with E-state index in [4.69, 9.17) is 0 Å². The van der Waals surface area contributed by atoms with Crippen molar-refractivity contribution in [3.8, 4) is 0 Å². The number of halogens is 3. The van der Waals surface area contributed by atoms with Crippen molar-refractivity contribution in [2.75, 3.05) is 6.54 Å². The van der Waals surface area contributed by atoms with Crippen LogP contribution in [0.15, 0.2) is 0 Å². The Kier molecular flexibility index (Phi) is 3.71. The Bertz CT molecular complexity index is 177. The molecule has 0 amide bonds. The number of rotatable bonds is 3. The van der Waals surface area contributed by atoms with Crippen LogP contribution in [0.4, 0.5) is 13.2 Å². The van der Waals surface area contributed by atoms with Crippen molar-refractivity contribution in [2.24, 2.45) is 0 Å². The first-order chi connectivity index (χ1) is 6.16. The van der Waals surface area contributed by atoms with Crippen molar-refractivity contribution in [1.82, 2.24) is 4.90 Å². The SMILES string of the molecule is O=CC1CCCCN1C(F)C(F)F. The second kappa shape index (κ2) is 4.60. The Morgan fingerprint density at radius 1 is 1.31 bits per heavy atom. The number of hydrogen-bond acceptors (Lipinski definition) is 2. The van der Waals surface area contributed by atoms with Crippen molar-refractivity contribution >= 4 is 6.29 Å². The summed E-state index contributed by atoms with van der Waals surface area (Å²) in [6.07, 6.45) is -2.81. The fourth-order valence-corrected chi connectivity index (χ4v) is 1.58. The minimum absolute atomic E-state index is 0.245. The van der Waals surface area contributed by atoms with E-state index in [1.165, 1.54) is 0 Å². The van der Waals surface area contributed by atoms with Crippen molar-refractivity contribution in [3.05, 3.63) is 0 Å². The predicted molar refractivity (Wildman–Crippen MR) is 41.3 cm³/mol. The lowest BCUT2D eigenvalue weighted by molar-refractivity contribution is -0.123. The molecule has 0 bridgehead atoms. The van der Waals surface area contributed by atoms with E-state index in [1.807, 2.05) is 0 Å². The Hall–Kier alpha value is -0.580. The third kappa shape index (κ3) is 2.43. The van der Waals surface area contributed by atoms with Gasteiger partial charge in [0.1, 0.15) is 6.29 Å². The van der Waals surface area contributed by atoms with Gasteiger partial charge in [0.2, 0.25) is 6.30 Å². The van der Waals surface area contributed by atoms with Gasteiger partial charge in [0, 0.05) is 6.54 Å². The number of carbonyl (C=O) groups excluding carboxylic acids is 1. The zero-order valence-corrected chi connectivity index (χ0v) is 7.13. The van der Waals surface area contributed by atoms with Crippen LogP contribution in [-0.2, 0) is 4.79 Å². The van der Waals surface area contributed by atoms with Gasteiger partial charge in [0.05, 0.1) is 6.04 Å². The van der Waals surface area contributed by atoms with Crippen LogP contribution in [0.5, 0.6) is 0 Å². The first-order valence-electron chi connectivity index (χ1n) is 4.30. The average Bonchev–Trinajstić information content (AvgIpc) is 2.16. The molecule has 0 N–H and O–H groups in total. The van der Waals surface area contributed by atoms with E-state index in [9.17, 15) is 18.0 Å². The second-order valence-corrected chi connectivity index (χ2v) is 3.14. The van der Waals surface area contributed by atoms with Gasteiger partial charge in [-0.25, -0.2) is 13.2 Å². The van der Waals surface area contributed by atoms with Gasteiger partial charge in [-0.2, -0.15) is 0 Å². The van der Waals surface area contributed by atoms with E-state index in [2.05, 4.69) is 0 Å². The molecule has 1 fully saturated rings. The third-order valence-corrected chi connectivity index (χ3v) is 2.27. The van der Waals surface area contributed by atoms with Crippen LogP contribution in [0.1, 0.15) is 19.3 Å². The standard InChI is InChI=1S/C8H12F3NO/c9-7(10)8(11)12-4-2-1-3-6(12)5-13/h5-8H,1-4H2. The lowest BCUT2D eigenvalue weighted by atomic mass is 10.0. The van der Waals surface area contributed by atoms with Crippen molar-refractivity contribution in [1.29, 1.82) is 0 Å². The molecule has 1 heterocycles. The third-order valence-electron chi connectivity index (χ3n) is 2.27. The number of hydrogen-bond donors (Lipinski definition) is 0. The van der Waals surface area contributed by atoms with Gasteiger partial charge in [0.15, 0.2) is 0 Å². The summed E-state index contributed by atoms with van der Waals surface area (Å²) < 4.78 is 36.8. The molecule has 1 aliphatic heterocycles. The first kappa shape index (κ1) is 10.5. The molecule has 2 unspecified atom stereocenters. The first-order valence-corrected chi connectivity index (χ1v) is 4.30. The normalized spacial score (nSPS) is 27.5. The van der Waals surface area contributed by atoms with Crippen LogP contribution in [0.25, 0.3) is 0 Å². The fourth-order valence-electron chi connectivity index (χ4n) is 1.58. The van der Waals surface area contributed by atoms with Gasteiger partial charge in [-0.3, -0.25) is 4.90 Å². The van der Waals surface area contributed by atoms with Gasteiger partial charge in [-0.1, -0.05) is 6.42 Å². The summed E-state index contributed by atoms with van der Waals surface area (Å²) in [6, 6.07) is -0.669. The Morgan fingerprint density at radius 2 is 2.00 bits per heavy atom. The highest BCUT2D eigenvalue weighted by molar-refractivity contribution is 5.57. The van der Waals surface area contributed by atoms with Gasteiger partial charge >= 0.3 is 0 Å². The molecule has 13 heavy (non-hydrogen) atoms. The van der Waals surface area contributed by atoms with Gasteiger partial charge < -0.3 is 4.79 Å². The number of nitrogens with zero attached hydrogens (tertiary/aromatic N) is 1. The number of carbonyl (C=O) groups is 1. The fraction of sp³-hybridized carbons (Fsp3) is 0.875. The second-order valence-electron chi connectivity index (χ2n) is 3.14. The summed E-state index contributed by atoms with van der Waals surface area (Å²) in [5.74, 6) is 0. The maximum atomic E-state index is 12.9. The van der Waals surface area contributed by atoms with Crippen LogP contribution >= 0.6 is 0 Å². The monoisotopic (exact) mass is 195 g/mol. The summed E-state index contributed by atoms with van der Waals surface area (Å²) >= 11 is 0. The van der Waals surface area contributed by atoms with E-state index in [0.717, 1.165) is 11.3 Å². The number of aldehydes is 1. The Balaban J connectivity index is 2.58. The average molecular weight is 195 g/mol. The highest BCUT2D eigenvalue weighted by Gasteiger charge is 2.33. The molecule has 2 atom stereocenters. The summed E-state index contributed by atoms with van der Waals surface area (Å²) in [6.45, 7) is 0.245. The quantitative estimate of drug-likeness (QED) is 0.503. The highest BCUT2D eigenvalue weighted by Crippen LogP contribution is 2.22. The summed E-state index contributed by atoms with van der Waals surface area (Å²) in [5.41, 5.74) is 0. The van der Waals surface area contributed by atoms with E-state index in [-0.39, 0.29) is 6.54 Å². The molecule has 2 nitrogen and oxygen atoms in total. The maximum Gasteiger partial charge on any atom is 0.282 e. The molecule has 5 heteroatoms. The lowest BCUT2D eigenvalue weighted by Crippen LogP contribution is -2.48. The topological polar surface area (TPSA) is 20.3 Å². The molecule has 1 saturated heterocycles. The minimum atomic E-state index is -3.03. The van der Waals surface area contributed by atoms with E-state index in [0.29, 0.717) is 19.1 Å². The Labute approximate surface area is 74.7 Å². The van der Waals surface area contributed by atoms with Crippen molar-refractivity contribution < 1.29 is 18.0 Å². The molecular weight excluding hydrogens is 183 g/mol. The van der Waals surface area contributed by atoms with E-state index < -0.39 is 18.8 Å². The molecule has 1 aliphatic rings. The van der Waals surface area contributed by atoms with Gasteiger partial charge in [-0.05, 0) is 12.8 Å². The summed E-state index contributed by atoms with van der Waals surface area (Å²) in [7, 11) is 0. The molecular formula is C8H12F3NO. The van der Waals surface area contributed by atoms with Crippen LogP contribution in [0.2, 0.25) is 0 Å². The lowest BCUT2D eigenvalue weighted by Gasteiger charge is -2.34.